The first kappa shape index (κ1) is 16.0. The molecule has 1 amide bonds. The van der Waals surface area contributed by atoms with Crippen LogP contribution >= 0.6 is 11.6 Å². The summed E-state index contributed by atoms with van der Waals surface area (Å²) in [4.78, 5) is 14.4. The van der Waals surface area contributed by atoms with Gasteiger partial charge in [-0.1, -0.05) is 17.7 Å². The Kier molecular flexibility index (Phi) is 4.68. The lowest BCUT2D eigenvalue weighted by atomic mass is 9.98. The fourth-order valence-corrected chi connectivity index (χ4v) is 3.11. The molecule has 1 N–H and O–H groups in total. The molecular formula is C17H20ClN3O2. The van der Waals surface area contributed by atoms with E-state index in [1.807, 2.05) is 30.0 Å². The number of aromatic nitrogens is 2. The highest BCUT2D eigenvalue weighted by molar-refractivity contribution is 6.30. The average molecular weight is 334 g/mol. The summed E-state index contributed by atoms with van der Waals surface area (Å²) in [6.07, 6.45) is 1.69. The summed E-state index contributed by atoms with van der Waals surface area (Å²) >= 11 is 6.03. The molecule has 0 radical (unpaired) electrons. The van der Waals surface area contributed by atoms with E-state index in [2.05, 4.69) is 5.10 Å². The minimum atomic E-state index is -0.0507. The van der Waals surface area contributed by atoms with Crippen molar-refractivity contribution in [3.05, 3.63) is 46.7 Å². The monoisotopic (exact) mass is 333 g/mol. The van der Waals surface area contributed by atoms with Crippen LogP contribution < -0.4 is 0 Å². The molecule has 1 aromatic carbocycles. The van der Waals surface area contributed by atoms with Gasteiger partial charge in [0.05, 0.1) is 5.69 Å². The molecule has 5 nitrogen and oxygen atoms in total. The number of benzene rings is 1. The van der Waals surface area contributed by atoms with Crippen molar-refractivity contribution in [1.82, 2.24) is 14.7 Å². The van der Waals surface area contributed by atoms with Gasteiger partial charge >= 0.3 is 0 Å². The molecule has 1 fully saturated rings. The number of rotatable bonds is 3. The zero-order valence-corrected chi connectivity index (χ0v) is 13.8. The third-order valence-electron chi connectivity index (χ3n) is 4.32. The Morgan fingerprint density at radius 3 is 2.74 bits per heavy atom. The van der Waals surface area contributed by atoms with Gasteiger partial charge in [-0.2, -0.15) is 5.10 Å². The third kappa shape index (κ3) is 3.41. The van der Waals surface area contributed by atoms with E-state index in [0.717, 1.165) is 24.2 Å². The normalized spacial score (nSPS) is 15.9. The lowest BCUT2D eigenvalue weighted by molar-refractivity contribution is 0.0644. The Bertz CT molecular complexity index is 706. The minimum absolute atomic E-state index is 0.0507. The molecule has 0 spiro atoms. The molecular weight excluding hydrogens is 314 g/mol. The number of likely N-dealkylation sites (tertiary alicyclic amines) is 1. The van der Waals surface area contributed by atoms with Crippen molar-refractivity contribution in [3.63, 3.8) is 0 Å². The first-order valence-corrected chi connectivity index (χ1v) is 8.19. The number of hydrogen-bond donors (Lipinski definition) is 1. The standard InChI is InChI=1S/C17H20ClN3O2/c1-12-9-16(17(23)20-7-5-13(11-22)6-8-20)19-21(12)15-4-2-3-14(18)10-15/h2-4,9-10,13,22H,5-8,11H2,1H3. The molecule has 0 aliphatic carbocycles. The van der Waals surface area contributed by atoms with E-state index in [0.29, 0.717) is 29.7 Å². The molecule has 1 aliphatic heterocycles. The van der Waals surface area contributed by atoms with E-state index in [9.17, 15) is 9.90 Å². The second-order valence-corrected chi connectivity index (χ2v) is 6.42. The average Bonchev–Trinajstić information content (AvgIpc) is 2.96. The number of carbonyl (C=O) groups is 1. The lowest BCUT2D eigenvalue weighted by Gasteiger charge is -2.30. The van der Waals surface area contributed by atoms with Gasteiger partial charge in [0.15, 0.2) is 5.69 Å². The minimum Gasteiger partial charge on any atom is -0.396 e. The Labute approximate surface area is 140 Å². The van der Waals surface area contributed by atoms with Gasteiger partial charge in [0, 0.05) is 30.4 Å². The number of aryl methyl sites for hydroxylation is 1. The van der Waals surface area contributed by atoms with Gasteiger partial charge in [-0.25, -0.2) is 4.68 Å². The highest BCUT2D eigenvalue weighted by atomic mass is 35.5. The molecule has 1 saturated heterocycles. The Morgan fingerprint density at radius 1 is 1.35 bits per heavy atom. The van der Waals surface area contributed by atoms with Crippen molar-refractivity contribution in [3.8, 4) is 5.69 Å². The first-order valence-electron chi connectivity index (χ1n) is 7.81. The molecule has 2 heterocycles. The van der Waals surface area contributed by atoms with Gasteiger partial charge < -0.3 is 10.0 Å². The van der Waals surface area contributed by atoms with E-state index >= 15 is 0 Å². The number of amides is 1. The van der Waals surface area contributed by atoms with Gasteiger partial charge in [-0.15, -0.1) is 0 Å². The summed E-state index contributed by atoms with van der Waals surface area (Å²) in [7, 11) is 0. The predicted octanol–water partition coefficient (Wildman–Crippen LogP) is 2.68. The zero-order chi connectivity index (χ0) is 16.4. The zero-order valence-electron chi connectivity index (χ0n) is 13.1. The molecule has 0 unspecified atom stereocenters. The number of hydrogen-bond acceptors (Lipinski definition) is 3. The van der Waals surface area contributed by atoms with Crippen LogP contribution in [0.2, 0.25) is 5.02 Å². The number of carbonyl (C=O) groups excluding carboxylic acids is 1. The summed E-state index contributed by atoms with van der Waals surface area (Å²) in [6.45, 7) is 3.47. The van der Waals surface area contributed by atoms with Crippen LogP contribution in [0.25, 0.3) is 5.69 Å². The summed E-state index contributed by atoms with van der Waals surface area (Å²) in [5.41, 5.74) is 2.18. The van der Waals surface area contributed by atoms with Crippen molar-refractivity contribution in [2.75, 3.05) is 19.7 Å². The second-order valence-electron chi connectivity index (χ2n) is 5.98. The molecule has 0 atom stereocenters. The fourth-order valence-electron chi connectivity index (χ4n) is 2.93. The molecule has 0 bridgehead atoms. The van der Waals surface area contributed by atoms with Crippen LogP contribution in [0.3, 0.4) is 0 Å². The van der Waals surface area contributed by atoms with E-state index < -0.39 is 0 Å². The Balaban J connectivity index is 1.79. The molecule has 2 aromatic rings. The smallest absolute Gasteiger partial charge is 0.274 e. The highest BCUT2D eigenvalue weighted by Crippen LogP contribution is 2.20. The number of halogens is 1. The van der Waals surface area contributed by atoms with Gasteiger partial charge in [0.25, 0.3) is 5.91 Å². The summed E-state index contributed by atoms with van der Waals surface area (Å²) in [6, 6.07) is 9.21. The molecule has 23 heavy (non-hydrogen) atoms. The molecule has 122 valence electrons. The van der Waals surface area contributed by atoms with Crippen LogP contribution in [0, 0.1) is 12.8 Å². The predicted molar refractivity (Wildman–Crippen MR) is 89.0 cm³/mol. The van der Waals surface area contributed by atoms with E-state index in [4.69, 9.17) is 11.6 Å². The number of aliphatic hydroxyl groups excluding tert-OH is 1. The largest absolute Gasteiger partial charge is 0.396 e. The number of nitrogens with zero attached hydrogens (tertiary/aromatic N) is 3. The van der Waals surface area contributed by atoms with Gasteiger partial charge in [0.1, 0.15) is 0 Å². The van der Waals surface area contributed by atoms with Gasteiger partial charge in [-0.05, 0) is 49.9 Å². The van der Waals surface area contributed by atoms with Crippen molar-refractivity contribution in [2.45, 2.75) is 19.8 Å². The van der Waals surface area contributed by atoms with Crippen LogP contribution in [0.15, 0.2) is 30.3 Å². The maximum atomic E-state index is 12.6. The number of piperidine rings is 1. The Hall–Kier alpha value is -1.85. The van der Waals surface area contributed by atoms with Crippen molar-refractivity contribution < 1.29 is 9.90 Å². The summed E-state index contributed by atoms with van der Waals surface area (Å²) < 4.78 is 1.74. The number of aliphatic hydroxyl groups is 1. The summed E-state index contributed by atoms with van der Waals surface area (Å²) in [5.74, 6) is 0.259. The van der Waals surface area contributed by atoms with Crippen LogP contribution in [-0.2, 0) is 0 Å². The molecule has 6 heteroatoms. The third-order valence-corrected chi connectivity index (χ3v) is 4.55. The lowest BCUT2D eigenvalue weighted by Crippen LogP contribution is -2.39. The van der Waals surface area contributed by atoms with Gasteiger partial charge in [0.2, 0.25) is 0 Å². The van der Waals surface area contributed by atoms with Gasteiger partial charge in [-0.3, -0.25) is 4.79 Å². The van der Waals surface area contributed by atoms with E-state index in [1.54, 1.807) is 16.8 Å². The second kappa shape index (κ2) is 6.72. The van der Waals surface area contributed by atoms with Crippen LogP contribution in [0.1, 0.15) is 29.0 Å². The maximum absolute atomic E-state index is 12.6. The topological polar surface area (TPSA) is 58.4 Å². The molecule has 1 aromatic heterocycles. The molecule has 1 aliphatic rings. The summed E-state index contributed by atoms with van der Waals surface area (Å²) in [5, 5.41) is 14.3. The van der Waals surface area contributed by atoms with E-state index in [1.165, 1.54) is 0 Å². The molecule has 0 saturated carbocycles. The first-order chi connectivity index (χ1) is 11.1. The van der Waals surface area contributed by atoms with Crippen LogP contribution in [-0.4, -0.2) is 45.4 Å². The van der Waals surface area contributed by atoms with Crippen LogP contribution in [0.4, 0.5) is 0 Å². The quantitative estimate of drug-likeness (QED) is 0.939. The van der Waals surface area contributed by atoms with Crippen molar-refractivity contribution in [1.29, 1.82) is 0 Å². The Morgan fingerprint density at radius 2 is 2.09 bits per heavy atom. The maximum Gasteiger partial charge on any atom is 0.274 e. The van der Waals surface area contributed by atoms with Crippen LogP contribution in [0.5, 0.6) is 0 Å². The fraction of sp³-hybridized carbons (Fsp3) is 0.412. The van der Waals surface area contributed by atoms with Crippen molar-refractivity contribution >= 4 is 17.5 Å². The van der Waals surface area contributed by atoms with Crippen molar-refractivity contribution in [2.24, 2.45) is 5.92 Å². The highest BCUT2D eigenvalue weighted by Gasteiger charge is 2.25. The SMILES string of the molecule is Cc1cc(C(=O)N2CCC(CO)CC2)nn1-c1cccc(Cl)c1. The van der Waals surface area contributed by atoms with E-state index in [-0.39, 0.29) is 12.5 Å². The molecule has 3 rings (SSSR count).